The lowest BCUT2D eigenvalue weighted by molar-refractivity contribution is 0.0692. The van der Waals surface area contributed by atoms with Crippen LogP contribution in [0.2, 0.25) is 0 Å². The molecule has 154 valence electrons. The van der Waals surface area contributed by atoms with Crippen LogP contribution in [0, 0.1) is 0 Å². The number of thioether (sulfide) groups is 1. The highest BCUT2D eigenvalue weighted by atomic mass is 32.2. The van der Waals surface area contributed by atoms with Gasteiger partial charge in [0, 0.05) is 11.3 Å². The molecule has 0 fully saturated rings. The number of amides is 1. The minimum atomic E-state index is -1.16. The summed E-state index contributed by atoms with van der Waals surface area (Å²) < 4.78 is 1.62. The van der Waals surface area contributed by atoms with Crippen LogP contribution in [-0.4, -0.2) is 33.5 Å². The predicted molar refractivity (Wildman–Crippen MR) is 122 cm³/mol. The molecule has 0 bridgehead atoms. The fraction of sp³-hybridized carbons (Fsp3) is 0.0435. The van der Waals surface area contributed by atoms with Gasteiger partial charge in [-0.2, -0.15) is 0 Å². The van der Waals surface area contributed by atoms with Gasteiger partial charge < -0.3 is 10.4 Å². The molecule has 0 aliphatic heterocycles. The number of rotatable bonds is 7. The number of nitrogens with one attached hydrogen (secondary N) is 1. The lowest BCUT2D eigenvalue weighted by Gasteiger charge is -2.07. The van der Waals surface area contributed by atoms with E-state index in [0.29, 0.717) is 17.0 Å². The third-order valence-corrected chi connectivity index (χ3v) is 6.61. The predicted octanol–water partition coefficient (Wildman–Crippen LogP) is 5.22. The maximum Gasteiger partial charge on any atom is 0.336 e. The van der Waals surface area contributed by atoms with Crippen molar-refractivity contribution in [3.05, 3.63) is 89.5 Å². The normalized spacial score (nSPS) is 10.7. The summed E-state index contributed by atoms with van der Waals surface area (Å²) in [6.07, 6.45) is 0. The van der Waals surface area contributed by atoms with Crippen molar-refractivity contribution in [3.8, 4) is 0 Å². The molecule has 0 unspecified atom stereocenters. The molecular weight excluding hydrogens is 432 g/mol. The first-order valence-electron chi connectivity index (χ1n) is 9.26. The average molecular weight is 449 g/mol. The van der Waals surface area contributed by atoms with Crippen LogP contribution in [0.5, 0.6) is 0 Å². The van der Waals surface area contributed by atoms with Crippen molar-refractivity contribution in [2.24, 2.45) is 0 Å². The van der Waals surface area contributed by atoms with Gasteiger partial charge in [-0.25, -0.2) is 9.78 Å². The topological polar surface area (TPSA) is 96.4 Å². The molecule has 0 aliphatic carbocycles. The van der Waals surface area contributed by atoms with Gasteiger partial charge in [0.1, 0.15) is 0 Å². The Bertz CT molecular complexity index is 1290. The Kier molecular flexibility index (Phi) is 6.11. The second-order valence-corrected chi connectivity index (χ2v) is 8.80. The van der Waals surface area contributed by atoms with Crippen LogP contribution in [0.25, 0.3) is 10.2 Å². The number of benzene rings is 3. The number of fused-ring (bicyclic) bond motifs is 1. The Balaban J connectivity index is 1.47. The third-order valence-electron chi connectivity index (χ3n) is 4.45. The average Bonchev–Trinajstić information content (AvgIpc) is 3.20. The lowest BCUT2D eigenvalue weighted by atomic mass is 10.1. The fourth-order valence-corrected chi connectivity index (χ4v) is 4.95. The van der Waals surface area contributed by atoms with Gasteiger partial charge in [-0.15, -0.1) is 11.3 Å². The summed E-state index contributed by atoms with van der Waals surface area (Å²) in [6, 6.07) is 20.5. The molecule has 8 heteroatoms. The maximum absolute atomic E-state index is 12.6. The molecule has 0 saturated carbocycles. The van der Waals surface area contributed by atoms with E-state index in [2.05, 4.69) is 10.3 Å². The van der Waals surface area contributed by atoms with E-state index < -0.39 is 11.9 Å². The Labute approximate surface area is 185 Å². The number of hydrogen-bond donors (Lipinski definition) is 2. The third kappa shape index (κ3) is 4.82. The van der Waals surface area contributed by atoms with Gasteiger partial charge in [-0.3, -0.25) is 9.59 Å². The number of aromatic carboxylic acids is 1. The quantitative estimate of drug-likeness (QED) is 0.297. The van der Waals surface area contributed by atoms with Crippen molar-refractivity contribution >= 4 is 56.7 Å². The zero-order chi connectivity index (χ0) is 21.8. The van der Waals surface area contributed by atoms with Gasteiger partial charge >= 0.3 is 5.97 Å². The highest BCUT2D eigenvalue weighted by Crippen LogP contribution is 2.31. The van der Waals surface area contributed by atoms with E-state index in [-0.39, 0.29) is 16.9 Å². The minimum absolute atomic E-state index is 0.0369. The number of anilines is 1. The van der Waals surface area contributed by atoms with E-state index in [9.17, 15) is 19.5 Å². The van der Waals surface area contributed by atoms with Crippen LogP contribution in [0.1, 0.15) is 31.1 Å². The summed E-state index contributed by atoms with van der Waals surface area (Å²) in [5.74, 6) is -1.32. The number of aromatic nitrogens is 1. The van der Waals surface area contributed by atoms with Gasteiger partial charge in [-0.1, -0.05) is 54.2 Å². The number of Topliss-reactive ketones (excluding diaryl/α,β-unsaturated/α-hetero) is 1. The molecule has 0 saturated heterocycles. The molecule has 0 aliphatic rings. The first-order chi connectivity index (χ1) is 15.0. The summed E-state index contributed by atoms with van der Waals surface area (Å²) >= 11 is 2.81. The van der Waals surface area contributed by atoms with E-state index in [1.54, 1.807) is 42.5 Å². The number of hydrogen-bond acceptors (Lipinski definition) is 6. The number of thiazole rings is 1. The molecule has 4 rings (SSSR count). The van der Waals surface area contributed by atoms with Gasteiger partial charge in [0.05, 0.1) is 27.1 Å². The molecular formula is C23H16N2O4S2. The minimum Gasteiger partial charge on any atom is -0.478 e. The van der Waals surface area contributed by atoms with Crippen molar-refractivity contribution in [2.75, 3.05) is 11.1 Å². The SMILES string of the molecule is O=C(CSc1nc2ccc(NC(=O)c3ccccc3C(=O)O)cc2s1)c1ccccc1. The van der Waals surface area contributed by atoms with E-state index in [1.165, 1.54) is 35.2 Å². The zero-order valence-corrected chi connectivity index (χ0v) is 17.7. The molecule has 1 heterocycles. The van der Waals surface area contributed by atoms with Crippen LogP contribution in [0.15, 0.2) is 77.1 Å². The number of nitrogens with zero attached hydrogens (tertiary/aromatic N) is 1. The molecule has 0 radical (unpaired) electrons. The highest BCUT2D eigenvalue weighted by molar-refractivity contribution is 8.01. The molecule has 3 aromatic carbocycles. The Hall–Kier alpha value is -3.49. The summed E-state index contributed by atoms with van der Waals surface area (Å²) in [6.45, 7) is 0. The molecule has 4 aromatic rings. The van der Waals surface area contributed by atoms with Crippen molar-refractivity contribution in [2.45, 2.75) is 4.34 Å². The smallest absolute Gasteiger partial charge is 0.336 e. The van der Waals surface area contributed by atoms with Crippen LogP contribution in [0.4, 0.5) is 5.69 Å². The summed E-state index contributed by atoms with van der Waals surface area (Å²) in [5, 5.41) is 12.0. The maximum atomic E-state index is 12.6. The second-order valence-electron chi connectivity index (χ2n) is 6.55. The van der Waals surface area contributed by atoms with Crippen LogP contribution in [0.3, 0.4) is 0 Å². The number of carboxylic acids is 1. The van der Waals surface area contributed by atoms with Gasteiger partial charge in [0.25, 0.3) is 5.91 Å². The summed E-state index contributed by atoms with van der Waals surface area (Å²) in [7, 11) is 0. The van der Waals surface area contributed by atoms with Gasteiger partial charge in [0.2, 0.25) is 0 Å². The molecule has 2 N–H and O–H groups in total. The van der Waals surface area contributed by atoms with E-state index >= 15 is 0 Å². The standard InChI is InChI=1S/C23H16N2O4S2/c26-19(14-6-2-1-3-7-14)13-30-23-25-18-11-10-15(12-20(18)31-23)24-21(27)16-8-4-5-9-17(16)22(28)29/h1-12H,13H2,(H,24,27)(H,28,29). The fourth-order valence-electron chi connectivity index (χ4n) is 2.94. The van der Waals surface area contributed by atoms with E-state index in [4.69, 9.17) is 0 Å². The molecule has 31 heavy (non-hydrogen) atoms. The number of carbonyl (C=O) groups is 3. The van der Waals surface area contributed by atoms with E-state index in [0.717, 1.165) is 14.6 Å². The van der Waals surface area contributed by atoms with Gasteiger partial charge in [0.15, 0.2) is 10.1 Å². The summed E-state index contributed by atoms with van der Waals surface area (Å²) in [5.41, 5.74) is 2.01. The van der Waals surface area contributed by atoms with Gasteiger partial charge in [-0.05, 0) is 30.3 Å². The Morgan fingerprint density at radius 3 is 2.39 bits per heavy atom. The van der Waals surface area contributed by atoms with Crippen LogP contribution in [-0.2, 0) is 0 Å². The van der Waals surface area contributed by atoms with Crippen LogP contribution < -0.4 is 5.32 Å². The number of carboxylic acid groups (broad SMARTS) is 1. The molecule has 0 atom stereocenters. The second kappa shape index (κ2) is 9.11. The van der Waals surface area contributed by atoms with Crippen molar-refractivity contribution < 1.29 is 19.5 Å². The molecule has 0 spiro atoms. The number of ketones is 1. The highest BCUT2D eigenvalue weighted by Gasteiger charge is 2.16. The number of carbonyl (C=O) groups excluding carboxylic acids is 2. The van der Waals surface area contributed by atoms with Crippen molar-refractivity contribution in [3.63, 3.8) is 0 Å². The Morgan fingerprint density at radius 1 is 0.935 bits per heavy atom. The molecule has 1 aromatic heterocycles. The largest absolute Gasteiger partial charge is 0.478 e. The lowest BCUT2D eigenvalue weighted by Crippen LogP contribution is -2.16. The Morgan fingerprint density at radius 2 is 1.65 bits per heavy atom. The molecule has 6 nitrogen and oxygen atoms in total. The first kappa shape index (κ1) is 20.8. The van der Waals surface area contributed by atoms with Crippen molar-refractivity contribution in [1.82, 2.24) is 4.98 Å². The van der Waals surface area contributed by atoms with Crippen molar-refractivity contribution in [1.29, 1.82) is 0 Å². The van der Waals surface area contributed by atoms with E-state index in [1.807, 2.05) is 18.2 Å². The zero-order valence-electron chi connectivity index (χ0n) is 16.1. The van der Waals surface area contributed by atoms with Crippen LogP contribution >= 0.6 is 23.1 Å². The monoisotopic (exact) mass is 448 g/mol. The first-order valence-corrected chi connectivity index (χ1v) is 11.1. The molecule has 1 amide bonds. The summed E-state index contributed by atoms with van der Waals surface area (Å²) in [4.78, 5) is 40.7.